The van der Waals surface area contributed by atoms with E-state index in [1.807, 2.05) is 21.1 Å². The number of allylic oxidation sites excluding steroid dienone is 2. The van der Waals surface area contributed by atoms with Gasteiger partial charge in [0.1, 0.15) is 19.3 Å². The Balaban J connectivity index is 2.20. The van der Waals surface area contributed by atoms with Gasteiger partial charge in [0.25, 0.3) is 7.82 Å². The molecule has 0 radical (unpaired) electrons. The second kappa shape index (κ2) is 34.3. The molecule has 0 N–H and O–H groups in total. The van der Waals surface area contributed by atoms with Crippen molar-refractivity contribution in [3.8, 4) is 0 Å². The Morgan fingerprint density at radius 2 is 1.13 bits per heavy atom. The third kappa shape index (κ3) is 34.4. The van der Waals surface area contributed by atoms with Gasteiger partial charge in [-0.2, -0.15) is 0 Å². The van der Waals surface area contributed by atoms with Gasteiger partial charge in [0.2, 0.25) is 0 Å². The van der Waals surface area contributed by atoms with Gasteiger partial charge in [-0.25, -0.2) is 0 Å². The Morgan fingerprint density at radius 1 is 0.648 bits per heavy atom. The molecule has 320 valence electrons. The van der Waals surface area contributed by atoms with Crippen LogP contribution >= 0.6 is 7.82 Å². The quantitative estimate of drug-likeness (QED) is 0.0151. The Labute approximate surface area is 333 Å². The molecule has 1 aliphatic heterocycles. The van der Waals surface area contributed by atoms with E-state index in [0.717, 1.165) is 32.1 Å². The number of epoxide rings is 1. The first kappa shape index (κ1) is 51.2. The van der Waals surface area contributed by atoms with Gasteiger partial charge in [0, 0.05) is 13.0 Å². The number of hydrogen-bond donors (Lipinski definition) is 0. The van der Waals surface area contributed by atoms with Crippen molar-refractivity contribution in [1.82, 2.24) is 0 Å². The predicted octanol–water partition coefficient (Wildman–Crippen LogP) is 11.4. The Hall–Kier alpha value is -0.800. The van der Waals surface area contributed by atoms with E-state index in [1.54, 1.807) is 0 Å². The first-order chi connectivity index (χ1) is 26.1. The fourth-order valence-electron chi connectivity index (χ4n) is 6.62. The van der Waals surface area contributed by atoms with E-state index >= 15 is 0 Å². The highest BCUT2D eigenvalue weighted by Gasteiger charge is 2.36. The zero-order chi connectivity index (χ0) is 39.6. The lowest BCUT2D eigenvalue weighted by atomic mass is 10.0. The zero-order valence-corrected chi connectivity index (χ0v) is 36.8. The summed E-state index contributed by atoms with van der Waals surface area (Å²) in [6.45, 7) is 5.38. The summed E-state index contributed by atoms with van der Waals surface area (Å²) in [6.07, 6.45) is 38.1. The van der Waals surface area contributed by atoms with Gasteiger partial charge < -0.3 is 32.6 Å². The van der Waals surface area contributed by atoms with E-state index in [4.69, 9.17) is 23.3 Å². The van der Waals surface area contributed by atoms with Gasteiger partial charge in [-0.3, -0.25) is 9.36 Å². The summed E-state index contributed by atoms with van der Waals surface area (Å²) in [4.78, 5) is 25.1. The molecule has 0 aromatic rings. The van der Waals surface area contributed by atoms with E-state index in [1.165, 1.54) is 141 Å². The second-order valence-electron chi connectivity index (χ2n) is 16.8. The Bertz CT molecular complexity index is 942. The van der Waals surface area contributed by atoms with E-state index in [2.05, 4.69) is 26.0 Å². The number of carbonyl (C=O) groups is 1. The predicted molar refractivity (Wildman–Crippen MR) is 222 cm³/mol. The summed E-state index contributed by atoms with van der Waals surface area (Å²) in [6, 6.07) is 0. The Morgan fingerprint density at radius 3 is 1.69 bits per heavy atom. The monoisotopic (exact) mass is 788 g/mol. The van der Waals surface area contributed by atoms with Crippen LogP contribution in [0.3, 0.4) is 0 Å². The molecule has 9 nitrogen and oxygen atoms in total. The van der Waals surface area contributed by atoms with Crippen LogP contribution in [0.1, 0.15) is 194 Å². The highest BCUT2D eigenvalue weighted by molar-refractivity contribution is 7.45. The number of esters is 1. The van der Waals surface area contributed by atoms with E-state index < -0.39 is 13.9 Å². The van der Waals surface area contributed by atoms with Gasteiger partial charge in [0.05, 0.1) is 46.6 Å². The van der Waals surface area contributed by atoms with Crippen molar-refractivity contribution in [2.45, 2.75) is 212 Å². The number of rotatable bonds is 41. The molecule has 0 aliphatic carbocycles. The Kier molecular flexibility index (Phi) is 32.5. The van der Waals surface area contributed by atoms with Crippen molar-refractivity contribution in [3.63, 3.8) is 0 Å². The molecule has 54 heavy (non-hydrogen) atoms. The molecular weight excluding hydrogens is 701 g/mol. The van der Waals surface area contributed by atoms with Gasteiger partial charge in [-0.05, 0) is 51.4 Å². The lowest BCUT2D eigenvalue weighted by Gasteiger charge is -2.28. The molecule has 1 aliphatic rings. The average Bonchev–Trinajstić information content (AvgIpc) is 3.88. The molecular formula is C44H86NO8P. The molecule has 4 unspecified atom stereocenters. The summed E-state index contributed by atoms with van der Waals surface area (Å²) < 4.78 is 40.5. The van der Waals surface area contributed by atoms with Crippen molar-refractivity contribution >= 4 is 13.8 Å². The standard InChI is InChI=1S/C44H86NO8P/c1-6-8-10-12-13-14-15-16-17-18-19-20-21-25-28-32-37-49-39-41(40-51-54(47,48)50-38-36-45(3,4)5)52-44(46)35-31-27-24-22-23-26-30-34-43-42(53-43)33-29-11-9-7-2/h16-17,41-43H,6-15,18-40H2,1-5H3/b17-16-. The minimum atomic E-state index is -4.53. The summed E-state index contributed by atoms with van der Waals surface area (Å²) in [5, 5.41) is 0. The van der Waals surface area contributed by atoms with Crippen LogP contribution in [-0.2, 0) is 32.6 Å². The summed E-state index contributed by atoms with van der Waals surface area (Å²) in [5.41, 5.74) is 0. The second-order valence-corrected chi connectivity index (χ2v) is 18.2. The van der Waals surface area contributed by atoms with E-state index in [9.17, 15) is 14.3 Å². The normalized spacial score (nSPS) is 17.6. The molecule has 1 saturated heterocycles. The molecule has 1 fully saturated rings. The smallest absolute Gasteiger partial charge is 0.306 e. The number of phosphoric acid groups is 1. The molecule has 0 spiro atoms. The maximum absolute atomic E-state index is 12.7. The van der Waals surface area contributed by atoms with Crippen LogP contribution in [0.25, 0.3) is 0 Å². The number of likely N-dealkylation sites (N-methyl/N-ethyl adjacent to an activating group) is 1. The molecule has 0 bridgehead atoms. The third-order valence-corrected chi connectivity index (χ3v) is 11.2. The summed E-state index contributed by atoms with van der Waals surface area (Å²) in [7, 11) is 1.35. The topological polar surface area (TPSA) is 107 Å². The minimum Gasteiger partial charge on any atom is -0.756 e. The number of nitrogens with zero attached hydrogens (tertiary/aromatic N) is 1. The largest absolute Gasteiger partial charge is 0.756 e. The van der Waals surface area contributed by atoms with Gasteiger partial charge in [-0.1, -0.05) is 148 Å². The van der Waals surface area contributed by atoms with Crippen LogP contribution in [0.4, 0.5) is 0 Å². The number of carbonyl (C=O) groups excluding carboxylic acids is 1. The van der Waals surface area contributed by atoms with Gasteiger partial charge in [-0.15, -0.1) is 0 Å². The van der Waals surface area contributed by atoms with Crippen LogP contribution in [0.5, 0.6) is 0 Å². The lowest BCUT2D eigenvalue weighted by Crippen LogP contribution is -2.37. The molecule has 1 heterocycles. The van der Waals surface area contributed by atoms with Gasteiger partial charge >= 0.3 is 5.97 Å². The number of quaternary nitrogens is 1. The van der Waals surface area contributed by atoms with Crippen LogP contribution < -0.4 is 4.89 Å². The fourth-order valence-corrected chi connectivity index (χ4v) is 7.35. The van der Waals surface area contributed by atoms with Crippen LogP contribution in [0.2, 0.25) is 0 Å². The minimum absolute atomic E-state index is 0.0236. The van der Waals surface area contributed by atoms with Crippen molar-refractivity contribution in [3.05, 3.63) is 12.2 Å². The fraction of sp³-hybridized carbons (Fsp3) is 0.932. The first-order valence-electron chi connectivity index (χ1n) is 22.5. The molecule has 0 amide bonds. The molecule has 0 saturated carbocycles. The number of unbranched alkanes of at least 4 members (excludes halogenated alkanes) is 21. The van der Waals surface area contributed by atoms with E-state index in [-0.39, 0.29) is 25.8 Å². The highest BCUT2D eigenvalue weighted by Crippen LogP contribution is 2.38. The van der Waals surface area contributed by atoms with Gasteiger partial charge in [0.15, 0.2) is 0 Å². The third-order valence-electron chi connectivity index (χ3n) is 10.2. The molecule has 4 atom stereocenters. The summed E-state index contributed by atoms with van der Waals surface area (Å²) in [5.74, 6) is -0.343. The molecule has 0 aromatic heterocycles. The molecule has 1 rings (SSSR count). The first-order valence-corrected chi connectivity index (χ1v) is 24.0. The number of phosphoric ester groups is 1. The van der Waals surface area contributed by atoms with Crippen molar-refractivity contribution in [2.24, 2.45) is 0 Å². The summed E-state index contributed by atoms with van der Waals surface area (Å²) >= 11 is 0. The van der Waals surface area contributed by atoms with E-state index in [0.29, 0.717) is 36.3 Å². The maximum Gasteiger partial charge on any atom is 0.306 e. The SMILES string of the molecule is CCCCCCCC/C=C\CCCCCCCCOCC(COP(=O)([O-])OCC[N+](C)(C)C)OC(=O)CCCCCCCCCC1OC1CCCCCC. The van der Waals surface area contributed by atoms with Crippen molar-refractivity contribution in [2.75, 3.05) is 54.1 Å². The zero-order valence-electron chi connectivity index (χ0n) is 35.9. The van der Waals surface area contributed by atoms with Crippen LogP contribution in [0, 0.1) is 0 Å². The van der Waals surface area contributed by atoms with Crippen molar-refractivity contribution in [1.29, 1.82) is 0 Å². The number of ether oxygens (including phenoxy) is 3. The molecule has 0 aromatic carbocycles. The highest BCUT2D eigenvalue weighted by atomic mass is 31.2. The lowest BCUT2D eigenvalue weighted by molar-refractivity contribution is -0.870. The van der Waals surface area contributed by atoms with Crippen LogP contribution in [-0.4, -0.2) is 82.9 Å². The molecule has 10 heteroatoms. The number of hydrogen-bond acceptors (Lipinski definition) is 8. The maximum atomic E-state index is 12.7. The van der Waals surface area contributed by atoms with Crippen LogP contribution in [0.15, 0.2) is 12.2 Å². The average molecular weight is 788 g/mol. The van der Waals surface area contributed by atoms with Crippen molar-refractivity contribution < 1.29 is 42.0 Å².